The maximum Gasteiger partial charge on any atom is 0.410 e. The lowest BCUT2D eigenvalue weighted by atomic mass is 9.99. The molecule has 0 atom stereocenters. The van der Waals surface area contributed by atoms with Gasteiger partial charge in [0, 0.05) is 43.4 Å². The molecular weight excluding hydrogens is 486 g/mol. The van der Waals surface area contributed by atoms with Gasteiger partial charge in [0.05, 0.1) is 18.8 Å². The summed E-state index contributed by atoms with van der Waals surface area (Å²) in [5.41, 5.74) is 4.64. The molecule has 1 aliphatic carbocycles. The molecule has 3 amide bonds. The Kier molecular flexibility index (Phi) is 7.14. The summed E-state index contributed by atoms with van der Waals surface area (Å²) in [5.74, 6) is -0.356. The normalized spacial score (nSPS) is 15.9. The number of anilines is 1. The van der Waals surface area contributed by atoms with E-state index in [2.05, 4.69) is 22.4 Å². The number of nitrogens with one attached hydrogen (secondary N) is 1. The van der Waals surface area contributed by atoms with Crippen LogP contribution in [0.25, 0.3) is 0 Å². The second-order valence-corrected chi connectivity index (χ2v) is 11.3. The fourth-order valence-corrected chi connectivity index (χ4v) is 4.02. The van der Waals surface area contributed by atoms with Crippen LogP contribution in [-0.2, 0) is 23.2 Å². The van der Waals surface area contributed by atoms with Gasteiger partial charge in [-0.05, 0) is 51.8 Å². The number of carbonyl (C=O) groups is 3. The van der Waals surface area contributed by atoms with E-state index in [0.717, 1.165) is 24.1 Å². The molecule has 38 heavy (non-hydrogen) atoms. The number of amides is 3. The minimum Gasteiger partial charge on any atom is -0.444 e. The standard InChI is InChI=1S/C27H35N7O4/c1-26(2,3)38-25(37)33(7)15-20-18-14-34(24(36)17(18)13-21(29-20)27(4)11-12-27)22-10-8-9-19(30-22)23(35)31-28-16-32(5)6/h8-10,13,16H,11-12,14-15H2,1-7H3,(H,31,35)/b28-16+. The van der Waals surface area contributed by atoms with Crippen molar-refractivity contribution in [1.29, 1.82) is 0 Å². The second kappa shape index (κ2) is 10.0. The van der Waals surface area contributed by atoms with Gasteiger partial charge in [-0.1, -0.05) is 13.0 Å². The zero-order chi connectivity index (χ0) is 27.8. The lowest BCUT2D eigenvalue weighted by Gasteiger charge is -2.25. The van der Waals surface area contributed by atoms with Crippen LogP contribution in [0.2, 0.25) is 0 Å². The van der Waals surface area contributed by atoms with Crippen molar-refractivity contribution >= 4 is 30.1 Å². The molecule has 0 aromatic carbocycles. The SMILES string of the molecule is CN(C)/C=N/NC(=O)c1cccc(N2Cc3c(cc(C4(C)CC4)nc3CN(C)C(=O)OC(C)(C)C)C2=O)n1. The van der Waals surface area contributed by atoms with E-state index in [1.807, 2.05) is 26.8 Å². The van der Waals surface area contributed by atoms with Crippen molar-refractivity contribution in [2.45, 2.75) is 64.6 Å². The molecular formula is C27H35N7O4. The molecule has 0 unspecified atom stereocenters. The number of ether oxygens (including phenoxy) is 1. The number of aromatic nitrogens is 2. The van der Waals surface area contributed by atoms with Crippen molar-refractivity contribution in [2.75, 3.05) is 26.0 Å². The maximum absolute atomic E-state index is 13.6. The summed E-state index contributed by atoms with van der Waals surface area (Å²) < 4.78 is 5.51. The van der Waals surface area contributed by atoms with Crippen molar-refractivity contribution in [3.63, 3.8) is 0 Å². The fraction of sp³-hybridized carbons (Fsp3) is 0.481. The molecule has 1 aliphatic heterocycles. The summed E-state index contributed by atoms with van der Waals surface area (Å²) in [6.45, 7) is 8.00. The van der Waals surface area contributed by atoms with Crippen LogP contribution < -0.4 is 10.3 Å². The van der Waals surface area contributed by atoms with E-state index in [4.69, 9.17) is 9.72 Å². The van der Waals surface area contributed by atoms with Gasteiger partial charge in [0.1, 0.15) is 23.5 Å². The van der Waals surface area contributed by atoms with Crippen LogP contribution in [0.3, 0.4) is 0 Å². The third-order valence-corrected chi connectivity index (χ3v) is 6.41. The summed E-state index contributed by atoms with van der Waals surface area (Å²) >= 11 is 0. The van der Waals surface area contributed by atoms with Gasteiger partial charge in [0.2, 0.25) is 0 Å². The van der Waals surface area contributed by atoms with E-state index in [1.54, 1.807) is 44.2 Å². The molecule has 2 aromatic rings. The van der Waals surface area contributed by atoms with Crippen LogP contribution in [0.5, 0.6) is 0 Å². The molecule has 11 nitrogen and oxygen atoms in total. The van der Waals surface area contributed by atoms with Crippen LogP contribution in [0.15, 0.2) is 29.4 Å². The highest BCUT2D eigenvalue weighted by Crippen LogP contribution is 2.48. The number of pyridine rings is 2. The average molecular weight is 522 g/mol. The van der Waals surface area contributed by atoms with Gasteiger partial charge in [-0.25, -0.2) is 15.2 Å². The quantitative estimate of drug-likeness (QED) is 0.337. The average Bonchev–Trinajstić information content (AvgIpc) is 3.50. The monoisotopic (exact) mass is 521 g/mol. The van der Waals surface area contributed by atoms with Gasteiger partial charge in [-0.3, -0.25) is 19.5 Å². The number of hydrogen-bond acceptors (Lipinski definition) is 7. The van der Waals surface area contributed by atoms with Crippen LogP contribution in [-0.4, -0.2) is 70.8 Å². The molecule has 0 bridgehead atoms. The highest BCUT2D eigenvalue weighted by atomic mass is 16.6. The first-order chi connectivity index (χ1) is 17.8. The van der Waals surface area contributed by atoms with E-state index in [1.165, 1.54) is 16.1 Å². The number of hydrazone groups is 1. The third-order valence-electron chi connectivity index (χ3n) is 6.41. The largest absolute Gasteiger partial charge is 0.444 e. The summed E-state index contributed by atoms with van der Waals surface area (Å²) in [7, 11) is 5.23. The van der Waals surface area contributed by atoms with Crippen LogP contribution in [0, 0.1) is 0 Å². The van der Waals surface area contributed by atoms with Gasteiger partial charge >= 0.3 is 6.09 Å². The molecule has 1 fully saturated rings. The predicted octanol–water partition coefficient (Wildman–Crippen LogP) is 3.29. The van der Waals surface area contributed by atoms with E-state index < -0.39 is 17.6 Å². The van der Waals surface area contributed by atoms with Crippen molar-refractivity contribution in [1.82, 2.24) is 25.2 Å². The molecule has 1 saturated carbocycles. The van der Waals surface area contributed by atoms with Gasteiger partial charge < -0.3 is 14.5 Å². The Morgan fingerprint density at radius 1 is 1.21 bits per heavy atom. The van der Waals surface area contributed by atoms with Gasteiger partial charge in [-0.15, -0.1) is 0 Å². The minimum atomic E-state index is -0.627. The zero-order valence-electron chi connectivity index (χ0n) is 23.0. The van der Waals surface area contributed by atoms with Crippen molar-refractivity contribution < 1.29 is 19.1 Å². The molecule has 4 rings (SSSR count). The number of hydrogen-bond donors (Lipinski definition) is 1. The molecule has 0 saturated heterocycles. The number of nitrogens with zero attached hydrogens (tertiary/aromatic N) is 6. The Balaban J connectivity index is 1.62. The molecule has 2 aliphatic rings. The van der Waals surface area contributed by atoms with Crippen molar-refractivity contribution in [3.05, 3.63) is 52.5 Å². The number of rotatable bonds is 7. The van der Waals surface area contributed by atoms with Crippen molar-refractivity contribution in [3.8, 4) is 0 Å². The van der Waals surface area contributed by atoms with E-state index in [9.17, 15) is 14.4 Å². The summed E-state index contributed by atoms with van der Waals surface area (Å²) in [6.07, 6.45) is 2.98. The first-order valence-corrected chi connectivity index (χ1v) is 12.5. The Bertz CT molecular complexity index is 1290. The Morgan fingerprint density at radius 2 is 1.92 bits per heavy atom. The first-order valence-electron chi connectivity index (χ1n) is 12.5. The highest BCUT2D eigenvalue weighted by molar-refractivity contribution is 6.10. The number of fused-ring (bicyclic) bond motifs is 1. The van der Waals surface area contributed by atoms with Crippen molar-refractivity contribution in [2.24, 2.45) is 5.10 Å². The predicted molar refractivity (Wildman–Crippen MR) is 143 cm³/mol. The van der Waals surface area contributed by atoms with Crippen LogP contribution >= 0.6 is 0 Å². The molecule has 0 spiro atoms. The van der Waals surface area contributed by atoms with Gasteiger partial charge in [0.25, 0.3) is 11.8 Å². The van der Waals surface area contributed by atoms with Gasteiger partial charge in [-0.2, -0.15) is 5.10 Å². The fourth-order valence-electron chi connectivity index (χ4n) is 4.02. The van der Waals surface area contributed by atoms with E-state index >= 15 is 0 Å². The third kappa shape index (κ3) is 5.92. The smallest absolute Gasteiger partial charge is 0.410 e. The molecule has 1 N–H and O–H groups in total. The second-order valence-electron chi connectivity index (χ2n) is 11.3. The van der Waals surface area contributed by atoms with Gasteiger partial charge in [0.15, 0.2) is 0 Å². The zero-order valence-corrected chi connectivity index (χ0v) is 23.0. The van der Waals surface area contributed by atoms with E-state index in [-0.39, 0.29) is 30.1 Å². The van der Waals surface area contributed by atoms with Crippen LogP contribution in [0.4, 0.5) is 10.6 Å². The lowest BCUT2D eigenvalue weighted by Crippen LogP contribution is -2.34. The Morgan fingerprint density at radius 3 is 2.55 bits per heavy atom. The first kappa shape index (κ1) is 27.0. The molecule has 3 heterocycles. The highest BCUT2D eigenvalue weighted by Gasteiger charge is 2.43. The topological polar surface area (TPSA) is 120 Å². The Hall–Kier alpha value is -4.02. The molecule has 11 heteroatoms. The summed E-state index contributed by atoms with van der Waals surface area (Å²) in [5, 5.41) is 3.87. The molecule has 0 radical (unpaired) electrons. The molecule has 202 valence electrons. The summed E-state index contributed by atoms with van der Waals surface area (Å²) in [6, 6.07) is 6.79. The minimum absolute atomic E-state index is 0.0781. The molecule has 2 aromatic heterocycles. The van der Waals surface area contributed by atoms with Crippen LogP contribution in [0.1, 0.15) is 78.3 Å². The Labute approximate surface area is 222 Å². The maximum atomic E-state index is 13.6. The summed E-state index contributed by atoms with van der Waals surface area (Å²) in [4.78, 5) is 52.8. The lowest BCUT2D eigenvalue weighted by molar-refractivity contribution is 0.0282. The number of carbonyl (C=O) groups excluding carboxylic acids is 3. The van der Waals surface area contributed by atoms with E-state index in [0.29, 0.717) is 17.1 Å².